The van der Waals surface area contributed by atoms with E-state index in [1.165, 1.54) is 11.8 Å². The SMILES string of the molecule is CC(C)(C)c1ccc(N/C=C(/C#N)C(=O)NCCN2CCNCC2)cc1. The van der Waals surface area contributed by atoms with E-state index in [1.54, 1.807) is 0 Å². The zero-order valence-electron chi connectivity index (χ0n) is 15.9. The molecule has 1 heterocycles. The van der Waals surface area contributed by atoms with Crippen molar-refractivity contribution in [2.75, 3.05) is 44.6 Å². The van der Waals surface area contributed by atoms with Crippen molar-refractivity contribution in [3.05, 3.63) is 41.6 Å². The average molecular weight is 355 g/mol. The minimum absolute atomic E-state index is 0.0743. The first-order chi connectivity index (χ1) is 12.4. The van der Waals surface area contributed by atoms with Gasteiger partial charge in [-0.3, -0.25) is 9.69 Å². The van der Waals surface area contributed by atoms with Crippen molar-refractivity contribution in [2.45, 2.75) is 26.2 Å². The number of benzene rings is 1. The molecule has 3 N–H and O–H groups in total. The Kier molecular flexibility index (Phi) is 7.19. The summed E-state index contributed by atoms with van der Waals surface area (Å²) in [6, 6.07) is 9.97. The molecule has 0 saturated carbocycles. The maximum Gasteiger partial charge on any atom is 0.263 e. The summed E-state index contributed by atoms with van der Waals surface area (Å²) >= 11 is 0. The summed E-state index contributed by atoms with van der Waals surface area (Å²) in [7, 11) is 0. The minimum Gasteiger partial charge on any atom is -0.360 e. The molecule has 1 aromatic carbocycles. The number of hydrogen-bond acceptors (Lipinski definition) is 5. The molecule has 0 atom stereocenters. The molecular weight excluding hydrogens is 326 g/mol. The van der Waals surface area contributed by atoms with E-state index in [2.05, 4.69) is 53.8 Å². The first-order valence-corrected chi connectivity index (χ1v) is 9.09. The molecule has 1 aliphatic rings. The van der Waals surface area contributed by atoms with Crippen molar-refractivity contribution in [3.63, 3.8) is 0 Å². The van der Waals surface area contributed by atoms with Gasteiger partial charge >= 0.3 is 0 Å². The molecule has 1 amide bonds. The summed E-state index contributed by atoms with van der Waals surface area (Å²) in [5.74, 6) is -0.346. The normalized spacial score (nSPS) is 16.0. The van der Waals surface area contributed by atoms with Crippen LogP contribution in [-0.4, -0.2) is 50.1 Å². The standard InChI is InChI=1S/C20H29N5O/c1-20(2,3)17-4-6-18(7-5-17)24-15-16(14-21)19(26)23-10-13-25-11-8-22-9-12-25/h4-7,15,22,24H,8-13H2,1-3H3,(H,23,26)/b16-15-. The molecule has 26 heavy (non-hydrogen) atoms. The van der Waals surface area contributed by atoms with Crippen LogP contribution in [-0.2, 0) is 10.2 Å². The Hall–Kier alpha value is -2.36. The van der Waals surface area contributed by atoms with Gasteiger partial charge < -0.3 is 16.0 Å². The van der Waals surface area contributed by atoms with E-state index in [4.69, 9.17) is 0 Å². The van der Waals surface area contributed by atoms with E-state index in [0.29, 0.717) is 6.54 Å². The molecule has 1 saturated heterocycles. The van der Waals surface area contributed by atoms with Crippen molar-refractivity contribution >= 4 is 11.6 Å². The highest BCUT2D eigenvalue weighted by atomic mass is 16.1. The number of carbonyl (C=O) groups is 1. The van der Waals surface area contributed by atoms with Gasteiger partial charge in [0, 0.05) is 51.2 Å². The van der Waals surface area contributed by atoms with E-state index in [9.17, 15) is 10.1 Å². The number of amides is 1. The van der Waals surface area contributed by atoms with Gasteiger partial charge in [0.1, 0.15) is 11.6 Å². The molecule has 0 aromatic heterocycles. The fourth-order valence-corrected chi connectivity index (χ4v) is 2.73. The van der Waals surface area contributed by atoms with Crippen LogP contribution in [0.3, 0.4) is 0 Å². The smallest absolute Gasteiger partial charge is 0.263 e. The van der Waals surface area contributed by atoms with Crippen LogP contribution in [0.15, 0.2) is 36.0 Å². The maximum atomic E-state index is 12.2. The fourth-order valence-electron chi connectivity index (χ4n) is 2.73. The first-order valence-electron chi connectivity index (χ1n) is 9.09. The van der Waals surface area contributed by atoms with Crippen LogP contribution in [0.4, 0.5) is 5.69 Å². The second-order valence-corrected chi connectivity index (χ2v) is 7.49. The molecule has 6 nitrogen and oxygen atoms in total. The number of carbonyl (C=O) groups excluding carboxylic acids is 1. The highest BCUT2D eigenvalue weighted by Gasteiger charge is 2.13. The molecule has 140 valence electrons. The van der Waals surface area contributed by atoms with E-state index in [-0.39, 0.29) is 16.9 Å². The number of piperazine rings is 1. The number of hydrogen-bond donors (Lipinski definition) is 3. The van der Waals surface area contributed by atoms with Crippen LogP contribution < -0.4 is 16.0 Å². The van der Waals surface area contributed by atoms with Crippen LogP contribution in [0, 0.1) is 11.3 Å². The highest BCUT2D eigenvalue weighted by molar-refractivity contribution is 5.97. The zero-order valence-corrected chi connectivity index (χ0v) is 15.9. The highest BCUT2D eigenvalue weighted by Crippen LogP contribution is 2.23. The van der Waals surface area contributed by atoms with Crippen LogP contribution >= 0.6 is 0 Å². The Bertz CT molecular complexity index is 661. The molecule has 0 aliphatic carbocycles. The lowest BCUT2D eigenvalue weighted by Crippen LogP contribution is -2.46. The second kappa shape index (κ2) is 9.37. The Labute approximate surface area is 156 Å². The van der Waals surface area contributed by atoms with E-state index >= 15 is 0 Å². The summed E-state index contributed by atoms with van der Waals surface area (Å²) in [5, 5.41) is 18.4. The van der Waals surface area contributed by atoms with Crippen LogP contribution in [0.1, 0.15) is 26.3 Å². The Morgan fingerprint density at radius 1 is 1.27 bits per heavy atom. The summed E-state index contributed by atoms with van der Waals surface area (Å²) in [4.78, 5) is 14.4. The van der Waals surface area contributed by atoms with Gasteiger partial charge in [-0.25, -0.2) is 0 Å². The van der Waals surface area contributed by atoms with Crippen molar-refractivity contribution in [1.29, 1.82) is 5.26 Å². The maximum absolute atomic E-state index is 12.2. The zero-order chi connectivity index (χ0) is 19.0. The third-order valence-corrected chi connectivity index (χ3v) is 4.42. The molecule has 1 aliphatic heterocycles. The van der Waals surface area contributed by atoms with Gasteiger partial charge in [-0.2, -0.15) is 5.26 Å². The van der Waals surface area contributed by atoms with Crippen LogP contribution in [0.5, 0.6) is 0 Å². The lowest BCUT2D eigenvalue weighted by atomic mass is 9.87. The minimum atomic E-state index is -0.346. The summed E-state index contributed by atoms with van der Waals surface area (Å²) < 4.78 is 0. The predicted molar refractivity (Wildman–Crippen MR) is 105 cm³/mol. The third kappa shape index (κ3) is 6.17. The average Bonchev–Trinajstić information content (AvgIpc) is 2.63. The molecule has 0 bridgehead atoms. The van der Waals surface area contributed by atoms with E-state index in [1.807, 2.05) is 18.2 Å². The molecule has 1 fully saturated rings. The topological polar surface area (TPSA) is 80.2 Å². The Morgan fingerprint density at radius 3 is 2.50 bits per heavy atom. The van der Waals surface area contributed by atoms with Gasteiger partial charge in [-0.1, -0.05) is 32.9 Å². The van der Waals surface area contributed by atoms with Gasteiger partial charge in [0.15, 0.2) is 0 Å². The number of nitrogens with zero attached hydrogens (tertiary/aromatic N) is 2. The van der Waals surface area contributed by atoms with Gasteiger partial charge in [0.05, 0.1) is 0 Å². The second-order valence-electron chi connectivity index (χ2n) is 7.49. The largest absolute Gasteiger partial charge is 0.360 e. The number of rotatable bonds is 6. The predicted octanol–water partition coefficient (Wildman–Crippen LogP) is 1.82. The van der Waals surface area contributed by atoms with Gasteiger partial charge in [0.25, 0.3) is 5.91 Å². The van der Waals surface area contributed by atoms with Crippen LogP contribution in [0.2, 0.25) is 0 Å². The summed E-state index contributed by atoms with van der Waals surface area (Å²) in [5.41, 5.74) is 2.25. The summed E-state index contributed by atoms with van der Waals surface area (Å²) in [6.45, 7) is 11.8. The number of nitriles is 1. The molecule has 0 spiro atoms. The van der Waals surface area contributed by atoms with Gasteiger partial charge in [0.2, 0.25) is 0 Å². The van der Waals surface area contributed by atoms with Gasteiger partial charge in [-0.05, 0) is 23.1 Å². The molecule has 0 radical (unpaired) electrons. The van der Waals surface area contributed by atoms with Crippen molar-refractivity contribution in [2.24, 2.45) is 0 Å². The quantitative estimate of drug-likeness (QED) is 0.536. The molecule has 0 unspecified atom stereocenters. The lowest BCUT2D eigenvalue weighted by Gasteiger charge is -2.27. The summed E-state index contributed by atoms with van der Waals surface area (Å²) in [6.07, 6.45) is 1.46. The molecule has 1 aromatic rings. The van der Waals surface area contributed by atoms with E-state index < -0.39 is 0 Å². The molecule has 2 rings (SSSR count). The fraction of sp³-hybridized carbons (Fsp3) is 0.500. The van der Waals surface area contributed by atoms with Crippen LogP contribution in [0.25, 0.3) is 0 Å². The van der Waals surface area contributed by atoms with Gasteiger partial charge in [-0.15, -0.1) is 0 Å². The monoisotopic (exact) mass is 355 g/mol. The Morgan fingerprint density at radius 2 is 1.92 bits per heavy atom. The number of nitrogens with one attached hydrogen (secondary N) is 3. The number of anilines is 1. The van der Waals surface area contributed by atoms with Crippen molar-refractivity contribution in [1.82, 2.24) is 15.5 Å². The Balaban J connectivity index is 1.84. The lowest BCUT2D eigenvalue weighted by molar-refractivity contribution is -0.117. The first kappa shape index (κ1) is 20.0. The molecule has 6 heteroatoms. The van der Waals surface area contributed by atoms with Crippen molar-refractivity contribution in [3.8, 4) is 6.07 Å². The van der Waals surface area contributed by atoms with E-state index in [0.717, 1.165) is 38.4 Å². The van der Waals surface area contributed by atoms with Crippen molar-refractivity contribution < 1.29 is 4.79 Å². The third-order valence-electron chi connectivity index (χ3n) is 4.42. The molecular formula is C20H29N5O.